The summed E-state index contributed by atoms with van der Waals surface area (Å²) in [6.45, 7) is 4.45. The lowest BCUT2D eigenvalue weighted by Crippen LogP contribution is -2.38. The molecule has 0 unspecified atom stereocenters. The van der Waals surface area contributed by atoms with Gasteiger partial charge in [0.1, 0.15) is 5.75 Å². The first-order valence-electron chi connectivity index (χ1n) is 11.3. The number of ether oxygens (including phenoxy) is 3. The van der Waals surface area contributed by atoms with Crippen molar-refractivity contribution in [3.63, 3.8) is 0 Å². The molecule has 3 rings (SSSR count). The Labute approximate surface area is 186 Å². The van der Waals surface area contributed by atoms with Crippen LogP contribution in [-0.2, 0) is 17.6 Å². The lowest BCUT2D eigenvalue weighted by molar-refractivity contribution is -0.132. The molecule has 1 heterocycles. The van der Waals surface area contributed by atoms with E-state index in [1.165, 1.54) is 12.0 Å². The van der Waals surface area contributed by atoms with Crippen molar-refractivity contribution in [3.05, 3.63) is 53.6 Å². The standard InChI is InChI=1S/C26H35NO4/c1-4-31-23-11-7-20(8-12-23)5-6-21-15-17-27(18-16-21)26(28)14-10-22-9-13-24(29-2)25(19-22)30-3/h7-9,11-13,19,21H,4-6,10,14-18H2,1-3H3. The Kier molecular flexibility index (Phi) is 8.63. The summed E-state index contributed by atoms with van der Waals surface area (Å²) in [5, 5.41) is 0. The second-order valence-electron chi connectivity index (χ2n) is 8.13. The van der Waals surface area contributed by atoms with Crippen LogP contribution in [0.25, 0.3) is 0 Å². The van der Waals surface area contributed by atoms with Crippen LogP contribution in [0.5, 0.6) is 17.2 Å². The van der Waals surface area contributed by atoms with Crippen LogP contribution in [0.15, 0.2) is 42.5 Å². The summed E-state index contributed by atoms with van der Waals surface area (Å²) in [4.78, 5) is 14.7. The van der Waals surface area contributed by atoms with Crippen LogP contribution < -0.4 is 14.2 Å². The Hall–Kier alpha value is -2.69. The number of benzene rings is 2. The van der Waals surface area contributed by atoms with Crippen molar-refractivity contribution in [1.82, 2.24) is 4.90 Å². The van der Waals surface area contributed by atoms with E-state index < -0.39 is 0 Å². The number of hydrogen-bond acceptors (Lipinski definition) is 4. The summed E-state index contributed by atoms with van der Waals surface area (Å²) < 4.78 is 16.1. The average Bonchev–Trinajstić information content (AvgIpc) is 2.82. The first kappa shape index (κ1) is 23.0. The molecule has 5 nitrogen and oxygen atoms in total. The average molecular weight is 426 g/mol. The van der Waals surface area contributed by atoms with Crippen LogP contribution in [0.1, 0.15) is 43.7 Å². The lowest BCUT2D eigenvalue weighted by atomic mass is 9.90. The van der Waals surface area contributed by atoms with E-state index in [1.54, 1.807) is 14.2 Å². The topological polar surface area (TPSA) is 48.0 Å². The molecule has 0 atom stereocenters. The van der Waals surface area contributed by atoms with Crippen LogP contribution in [0.2, 0.25) is 0 Å². The molecule has 2 aromatic carbocycles. The second-order valence-corrected chi connectivity index (χ2v) is 8.13. The molecule has 1 saturated heterocycles. The molecule has 0 spiro atoms. The van der Waals surface area contributed by atoms with Gasteiger partial charge in [0.2, 0.25) is 5.91 Å². The minimum Gasteiger partial charge on any atom is -0.494 e. The third-order valence-electron chi connectivity index (χ3n) is 6.12. The van der Waals surface area contributed by atoms with Crippen molar-refractivity contribution in [2.75, 3.05) is 33.9 Å². The van der Waals surface area contributed by atoms with Gasteiger partial charge in [-0.3, -0.25) is 4.79 Å². The fourth-order valence-corrected chi connectivity index (χ4v) is 4.21. The first-order chi connectivity index (χ1) is 15.1. The molecule has 0 bridgehead atoms. The highest BCUT2D eigenvalue weighted by atomic mass is 16.5. The van der Waals surface area contributed by atoms with E-state index in [9.17, 15) is 4.79 Å². The molecule has 0 radical (unpaired) electrons. The van der Waals surface area contributed by atoms with Crippen molar-refractivity contribution < 1.29 is 19.0 Å². The highest BCUT2D eigenvalue weighted by molar-refractivity contribution is 5.76. The molecule has 5 heteroatoms. The van der Waals surface area contributed by atoms with E-state index in [-0.39, 0.29) is 5.91 Å². The number of piperidine rings is 1. The Balaban J connectivity index is 1.39. The van der Waals surface area contributed by atoms with Crippen molar-refractivity contribution in [3.8, 4) is 17.2 Å². The highest BCUT2D eigenvalue weighted by Gasteiger charge is 2.22. The van der Waals surface area contributed by atoms with Crippen LogP contribution in [0, 0.1) is 5.92 Å². The van der Waals surface area contributed by atoms with Gasteiger partial charge in [-0.05, 0) is 80.3 Å². The summed E-state index contributed by atoms with van der Waals surface area (Å²) in [5.74, 6) is 3.30. The largest absolute Gasteiger partial charge is 0.494 e. The molecule has 1 amide bonds. The zero-order valence-electron chi connectivity index (χ0n) is 19.1. The van der Waals surface area contributed by atoms with E-state index in [2.05, 4.69) is 24.3 Å². The maximum Gasteiger partial charge on any atom is 0.222 e. The summed E-state index contributed by atoms with van der Waals surface area (Å²) in [6, 6.07) is 14.3. The van der Waals surface area contributed by atoms with Gasteiger partial charge in [0.05, 0.1) is 20.8 Å². The fourth-order valence-electron chi connectivity index (χ4n) is 4.21. The van der Waals surface area contributed by atoms with E-state index in [0.717, 1.165) is 50.1 Å². The third-order valence-corrected chi connectivity index (χ3v) is 6.12. The quantitative estimate of drug-likeness (QED) is 0.543. The van der Waals surface area contributed by atoms with Gasteiger partial charge in [-0.2, -0.15) is 0 Å². The van der Waals surface area contributed by atoms with Crippen molar-refractivity contribution in [2.24, 2.45) is 5.92 Å². The SMILES string of the molecule is CCOc1ccc(CCC2CCN(C(=O)CCc3ccc(OC)c(OC)c3)CC2)cc1. The number of nitrogens with zero attached hydrogens (tertiary/aromatic N) is 1. The number of aryl methyl sites for hydroxylation is 2. The second kappa shape index (κ2) is 11.6. The number of hydrogen-bond donors (Lipinski definition) is 0. The van der Waals surface area contributed by atoms with Gasteiger partial charge in [-0.25, -0.2) is 0 Å². The Bertz CT molecular complexity index is 826. The van der Waals surface area contributed by atoms with Gasteiger partial charge in [0.25, 0.3) is 0 Å². The predicted molar refractivity (Wildman–Crippen MR) is 123 cm³/mol. The van der Waals surface area contributed by atoms with Gasteiger partial charge < -0.3 is 19.1 Å². The highest BCUT2D eigenvalue weighted by Crippen LogP contribution is 2.28. The summed E-state index contributed by atoms with van der Waals surface area (Å²) >= 11 is 0. The number of likely N-dealkylation sites (tertiary alicyclic amines) is 1. The number of methoxy groups -OCH3 is 2. The molecule has 2 aromatic rings. The van der Waals surface area contributed by atoms with E-state index >= 15 is 0 Å². The number of carbonyl (C=O) groups is 1. The molecular weight excluding hydrogens is 390 g/mol. The Morgan fingerprint density at radius 1 is 0.935 bits per heavy atom. The van der Waals surface area contributed by atoms with Gasteiger partial charge >= 0.3 is 0 Å². The number of carbonyl (C=O) groups excluding carboxylic acids is 1. The van der Waals surface area contributed by atoms with Crippen molar-refractivity contribution in [2.45, 2.75) is 45.4 Å². The van der Waals surface area contributed by atoms with Crippen molar-refractivity contribution in [1.29, 1.82) is 0 Å². The van der Waals surface area contributed by atoms with E-state index in [4.69, 9.17) is 14.2 Å². The monoisotopic (exact) mass is 425 g/mol. The van der Waals surface area contributed by atoms with Crippen LogP contribution >= 0.6 is 0 Å². The summed E-state index contributed by atoms with van der Waals surface area (Å²) in [6.07, 6.45) is 5.72. The molecular formula is C26H35NO4. The zero-order chi connectivity index (χ0) is 22.1. The molecule has 168 valence electrons. The minimum absolute atomic E-state index is 0.250. The van der Waals surface area contributed by atoms with Crippen LogP contribution in [0.4, 0.5) is 0 Å². The van der Waals surface area contributed by atoms with Crippen LogP contribution in [0.3, 0.4) is 0 Å². The Morgan fingerprint density at radius 3 is 2.26 bits per heavy atom. The number of rotatable bonds is 10. The molecule has 1 fully saturated rings. The van der Waals surface area contributed by atoms with Gasteiger partial charge in [0.15, 0.2) is 11.5 Å². The summed E-state index contributed by atoms with van der Waals surface area (Å²) in [5.41, 5.74) is 2.45. The van der Waals surface area contributed by atoms with Gasteiger partial charge in [-0.1, -0.05) is 18.2 Å². The predicted octanol–water partition coefficient (Wildman–Crippen LogP) is 4.91. The Morgan fingerprint density at radius 2 is 1.61 bits per heavy atom. The smallest absolute Gasteiger partial charge is 0.222 e. The van der Waals surface area contributed by atoms with Crippen molar-refractivity contribution >= 4 is 5.91 Å². The molecule has 0 saturated carbocycles. The molecule has 31 heavy (non-hydrogen) atoms. The molecule has 1 aliphatic heterocycles. The van der Waals surface area contributed by atoms with E-state index in [1.807, 2.05) is 30.0 Å². The lowest BCUT2D eigenvalue weighted by Gasteiger charge is -2.32. The minimum atomic E-state index is 0.250. The maximum atomic E-state index is 12.7. The fraction of sp³-hybridized carbons (Fsp3) is 0.500. The third kappa shape index (κ3) is 6.65. The zero-order valence-corrected chi connectivity index (χ0v) is 19.1. The van der Waals surface area contributed by atoms with Crippen LogP contribution in [-0.4, -0.2) is 44.7 Å². The molecule has 0 aromatic heterocycles. The maximum absolute atomic E-state index is 12.7. The molecule has 1 aliphatic rings. The molecule has 0 N–H and O–H groups in total. The normalized spacial score (nSPS) is 14.4. The summed E-state index contributed by atoms with van der Waals surface area (Å²) in [7, 11) is 3.26. The van der Waals surface area contributed by atoms with Gasteiger partial charge in [0, 0.05) is 19.5 Å². The van der Waals surface area contributed by atoms with Gasteiger partial charge in [-0.15, -0.1) is 0 Å². The number of amides is 1. The molecule has 0 aliphatic carbocycles. The van der Waals surface area contributed by atoms with E-state index in [0.29, 0.717) is 30.4 Å². The first-order valence-corrected chi connectivity index (χ1v) is 11.3.